The number of fused-ring (bicyclic) bond motifs is 1. The van der Waals surface area contributed by atoms with Crippen molar-refractivity contribution in [3.8, 4) is 0 Å². The third-order valence-electron chi connectivity index (χ3n) is 2.22. The molecule has 1 aromatic heterocycles. The fourth-order valence-corrected chi connectivity index (χ4v) is 1.61. The van der Waals surface area contributed by atoms with Crippen molar-refractivity contribution in [2.45, 2.75) is 12.8 Å². The van der Waals surface area contributed by atoms with Crippen LogP contribution in [0.4, 0.5) is 5.69 Å². The second kappa shape index (κ2) is 2.76. The van der Waals surface area contributed by atoms with E-state index in [4.69, 9.17) is 9.63 Å². The van der Waals surface area contributed by atoms with E-state index in [2.05, 4.69) is 5.16 Å². The van der Waals surface area contributed by atoms with Crippen LogP contribution < -0.4 is 4.90 Å². The fraction of sp³-hybridized carbons (Fsp3) is 0.500. The van der Waals surface area contributed by atoms with Crippen molar-refractivity contribution in [2.75, 3.05) is 18.5 Å². The summed E-state index contributed by atoms with van der Waals surface area (Å²) in [7, 11) is 1.85. The van der Waals surface area contributed by atoms with Crippen LogP contribution in [0, 0.1) is 0 Å². The quantitative estimate of drug-likeness (QED) is 0.694. The summed E-state index contributed by atoms with van der Waals surface area (Å²) in [4.78, 5) is 12.6. The molecule has 0 radical (unpaired) electrons. The van der Waals surface area contributed by atoms with Gasteiger partial charge in [-0.05, 0) is 6.42 Å². The largest absolute Gasteiger partial charge is 0.476 e. The molecule has 1 aliphatic rings. The van der Waals surface area contributed by atoms with E-state index in [1.165, 1.54) is 0 Å². The van der Waals surface area contributed by atoms with Crippen molar-refractivity contribution in [1.29, 1.82) is 0 Å². The van der Waals surface area contributed by atoms with Crippen molar-refractivity contribution >= 4 is 11.7 Å². The van der Waals surface area contributed by atoms with Crippen molar-refractivity contribution in [3.63, 3.8) is 0 Å². The normalized spacial score (nSPS) is 15.6. The van der Waals surface area contributed by atoms with E-state index in [0.29, 0.717) is 11.4 Å². The highest BCUT2D eigenvalue weighted by molar-refractivity contribution is 5.92. The Morgan fingerprint density at radius 3 is 3.15 bits per heavy atom. The number of carboxylic acids is 1. The Morgan fingerprint density at radius 1 is 1.69 bits per heavy atom. The standard InChI is InChI=1S/C8H10N2O3/c1-10-4-2-3-5-7(10)6(8(11)12)9-13-5/h2-4H2,1H3,(H,11,12). The molecule has 0 saturated carbocycles. The molecule has 5 nitrogen and oxygen atoms in total. The monoisotopic (exact) mass is 182 g/mol. The molecular weight excluding hydrogens is 172 g/mol. The van der Waals surface area contributed by atoms with E-state index in [1.807, 2.05) is 11.9 Å². The van der Waals surface area contributed by atoms with Crippen LogP contribution in [-0.4, -0.2) is 29.8 Å². The number of nitrogens with zero attached hydrogens (tertiary/aromatic N) is 2. The van der Waals surface area contributed by atoms with E-state index < -0.39 is 5.97 Å². The number of hydrogen-bond acceptors (Lipinski definition) is 4. The highest BCUT2D eigenvalue weighted by Crippen LogP contribution is 2.29. The molecule has 0 aliphatic carbocycles. The van der Waals surface area contributed by atoms with Crippen LogP contribution in [0.25, 0.3) is 0 Å². The van der Waals surface area contributed by atoms with Crippen molar-refractivity contribution < 1.29 is 14.4 Å². The lowest BCUT2D eigenvalue weighted by Crippen LogP contribution is -2.25. The van der Waals surface area contributed by atoms with Crippen LogP contribution in [0.15, 0.2) is 4.52 Å². The van der Waals surface area contributed by atoms with Gasteiger partial charge < -0.3 is 14.5 Å². The molecule has 0 aromatic carbocycles. The third kappa shape index (κ3) is 1.16. The Bertz CT molecular complexity index is 345. The summed E-state index contributed by atoms with van der Waals surface area (Å²) in [6, 6.07) is 0. The highest BCUT2D eigenvalue weighted by Gasteiger charge is 2.26. The number of aromatic nitrogens is 1. The molecule has 0 atom stereocenters. The van der Waals surface area contributed by atoms with Gasteiger partial charge in [-0.1, -0.05) is 5.16 Å². The van der Waals surface area contributed by atoms with Gasteiger partial charge in [0, 0.05) is 20.0 Å². The summed E-state index contributed by atoms with van der Waals surface area (Å²) in [6.45, 7) is 0.856. The number of aromatic carboxylic acids is 1. The lowest BCUT2D eigenvalue weighted by Gasteiger charge is -2.22. The molecule has 2 heterocycles. The Kier molecular flexibility index (Phi) is 1.72. The molecular formula is C8H10N2O3. The lowest BCUT2D eigenvalue weighted by molar-refractivity contribution is 0.0686. The molecule has 1 N–H and O–H groups in total. The Labute approximate surface area is 74.9 Å². The number of hydrogen-bond donors (Lipinski definition) is 1. The first-order valence-electron chi connectivity index (χ1n) is 4.13. The molecule has 5 heteroatoms. The van der Waals surface area contributed by atoms with E-state index >= 15 is 0 Å². The van der Waals surface area contributed by atoms with Gasteiger partial charge in [-0.15, -0.1) is 0 Å². The van der Waals surface area contributed by atoms with E-state index in [1.54, 1.807) is 0 Å². The van der Waals surface area contributed by atoms with Crippen LogP contribution in [0.3, 0.4) is 0 Å². The number of anilines is 1. The molecule has 0 bridgehead atoms. The second-order valence-corrected chi connectivity index (χ2v) is 3.13. The molecule has 13 heavy (non-hydrogen) atoms. The van der Waals surface area contributed by atoms with Gasteiger partial charge >= 0.3 is 5.97 Å². The molecule has 0 saturated heterocycles. The van der Waals surface area contributed by atoms with Gasteiger partial charge in [0.15, 0.2) is 5.76 Å². The van der Waals surface area contributed by atoms with Crippen LogP contribution in [0.1, 0.15) is 22.7 Å². The maximum absolute atomic E-state index is 10.7. The molecule has 0 spiro atoms. The lowest BCUT2D eigenvalue weighted by atomic mass is 10.1. The number of aryl methyl sites for hydroxylation is 1. The van der Waals surface area contributed by atoms with Crippen LogP contribution in [-0.2, 0) is 6.42 Å². The molecule has 1 aromatic rings. The zero-order valence-corrected chi connectivity index (χ0v) is 7.28. The van der Waals surface area contributed by atoms with Gasteiger partial charge in [-0.3, -0.25) is 0 Å². The molecule has 0 unspecified atom stereocenters. The van der Waals surface area contributed by atoms with Crippen molar-refractivity contribution in [3.05, 3.63) is 11.5 Å². The first-order chi connectivity index (χ1) is 6.20. The van der Waals surface area contributed by atoms with Crippen LogP contribution in [0.2, 0.25) is 0 Å². The summed E-state index contributed by atoms with van der Waals surface area (Å²) >= 11 is 0. The zero-order valence-electron chi connectivity index (χ0n) is 7.28. The van der Waals surface area contributed by atoms with Crippen LogP contribution >= 0.6 is 0 Å². The first-order valence-corrected chi connectivity index (χ1v) is 4.13. The zero-order chi connectivity index (χ0) is 9.42. The summed E-state index contributed by atoms with van der Waals surface area (Å²) in [5.74, 6) is -0.343. The maximum Gasteiger partial charge on any atom is 0.360 e. The molecule has 2 rings (SSSR count). The predicted molar refractivity (Wildman–Crippen MR) is 45.1 cm³/mol. The molecule has 0 fully saturated rings. The Balaban J connectivity index is 2.50. The average molecular weight is 182 g/mol. The minimum Gasteiger partial charge on any atom is -0.476 e. The molecule has 1 aliphatic heterocycles. The van der Waals surface area contributed by atoms with Crippen LogP contribution in [0.5, 0.6) is 0 Å². The van der Waals surface area contributed by atoms with Gasteiger partial charge in [-0.2, -0.15) is 0 Å². The smallest absolute Gasteiger partial charge is 0.360 e. The topological polar surface area (TPSA) is 66.6 Å². The number of rotatable bonds is 1. The SMILES string of the molecule is CN1CCCc2onc(C(=O)O)c21. The van der Waals surface area contributed by atoms with E-state index in [-0.39, 0.29) is 5.69 Å². The van der Waals surface area contributed by atoms with Crippen molar-refractivity contribution in [2.24, 2.45) is 0 Å². The predicted octanol–water partition coefficient (Wildman–Crippen LogP) is 0.755. The van der Waals surface area contributed by atoms with Gasteiger partial charge in [-0.25, -0.2) is 4.79 Å². The number of carboxylic acid groups (broad SMARTS) is 1. The van der Waals surface area contributed by atoms with Gasteiger partial charge in [0.25, 0.3) is 0 Å². The maximum atomic E-state index is 10.7. The minimum atomic E-state index is -1.03. The summed E-state index contributed by atoms with van der Waals surface area (Å²) in [6.07, 6.45) is 1.76. The van der Waals surface area contributed by atoms with Gasteiger partial charge in [0.2, 0.25) is 5.69 Å². The van der Waals surface area contributed by atoms with E-state index in [0.717, 1.165) is 19.4 Å². The molecule has 0 amide bonds. The summed E-state index contributed by atoms with van der Waals surface area (Å²) in [5.41, 5.74) is 0.663. The Hall–Kier alpha value is -1.52. The summed E-state index contributed by atoms with van der Waals surface area (Å²) in [5, 5.41) is 12.3. The molecule has 70 valence electrons. The summed E-state index contributed by atoms with van der Waals surface area (Å²) < 4.78 is 4.95. The Morgan fingerprint density at radius 2 is 2.46 bits per heavy atom. The highest BCUT2D eigenvalue weighted by atomic mass is 16.5. The van der Waals surface area contributed by atoms with Gasteiger partial charge in [0.05, 0.1) is 0 Å². The van der Waals surface area contributed by atoms with E-state index in [9.17, 15) is 4.79 Å². The average Bonchev–Trinajstić information content (AvgIpc) is 2.49. The first kappa shape index (κ1) is 8.10. The third-order valence-corrected chi connectivity index (χ3v) is 2.22. The second-order valence-electron chi connectivity index (χ2n) is 3.13. The minimum absolute atomic E-state index is 0.0252. The fourth-order valence-electron chi connectivity index (χ4n) is 1.61. The van der Waals surface area contributed by atoms with Crippen molar-refractivity contribution in [1.82, 2.24) is 5.16 Å². The number of carbonyl (C=O) groups is 1. The van der Waals surface area contributed by atoms with Gasteiger partial charge in [0.1, 0.15) is 5.69 Å².